The number of rotatable bonds is 2. The van der Waals surface area contributed by atoms with Crippen molar-refractivity contribution in [2.45, 2.75) is 12.5 Å². The summed E-state index contributed by atoms with van der Waals surface area (Å²) in [4.78, 5) is 6.69. The topological polar surface area (TPSA) is 28.2 Å². The molecule has 1 aromatic carbocycles. The summed E-state index contributed by atoms with van der Waals surface area (Å²) in [6.45, 7) is 2.21. The van der Waals surface area contributed by atoms with Gasteiger partial charge in [0.1, 0.15) is 0 Å². The van der Waals surface area contributed by atoms with E-state index in [1.165, 1.54) is 22.9 Å². The first-order valence-electron chi connectivity index (χ1n) is 6.13. The Morgan fingerprint density at radius 3 is 3.12 bits per heavy atom. The van der Waals surface area contributed by atoms with Crippen molar-refractivity contribution < 1.29 is 0 Å². The molecule has 2 heterocycles. The van der Waals surface area contributed by atoms with Crippen molar-refractivity contribution in [1.29, 1.82) is 0 Å². The molecule has 0 spiro atoms. The maximum atomic E-state index is 4.24. The van der Waals surface area contributed by atoms with Crippen LogP contribution in [0.25, 0.3) is 10.8 Å². The van der Waals surface area contributed by atoms with Crippen LogP contribution in [0.4, 0.5) is 5.69 Å². The minimum absolute atomic E-state index is 0.613. The Hall–Kier alpha value is -1.61. The second-order valence-corrected chi connectivity index (χ2v) is 4.59. The molecule has 1 aliphatic rings. The second kappa shape index (κ2) is 4.34. The van der Waals surface area contributed by atoms with E-state index in [4.69, 9.17) is 0 Å². The largest absolute Gasteiger partial charge is 0.369 e. The highest BCUT2D eigenvalue weighted by Crippen LogP contribution is 2.28. The van der Waals surface area contributed by atoms with Crippen molar-refractivity contribution in [3.05, 3.63) is 36.7 Å². The van der Waals surface area contributed by atoms with E-state index in [0.29, 0.717) is 6.04 Å². The lowest BCUT2D eigenvalue weighted by Gasteiger charge is -2.20. The lowest BCUT2D eigenvalue weighted by atomic mass is 10.1. The number of benzene rings is 1. The van der Waals surface area contributed by atoms with Crippen molar-refractivity contribution in [3.63, 3.8) is 0 Å². The van der Waals surface area contributed by atoms with Crippen LogP contribution in [0.3, 0.4) is 0 Å². The number of aromatic nitrogens is 1. The molecule has 17 heavy (non-hydrogen) atoms. The summed E-state index contributed by atoms with van der Waals surface area (Å²) in [5, 5.41) is 5.88. The van der Waals surface area contributed by atoms with E-state index < -0.39 is 0 Å². The van der Waals surface area contributed by atoms with E-state index in [9.17, 15) is 0 Å². The maximum Gasteiger partial charge on any atom is 0.0462 e. The van der Waals surface area contributed by atoms with Crippen LogP contribution < -0.4 is 10.2 Å². The third-order valence-electron chi connectivity index (χ3n) is 3.60. The Kier molecular flexibility index (Phi) is 2.69. The van der Waals surface area contributed by atoms with Crippen molar-refractivity contribution in [1.82, 2.24) is 10.3 Å². The predicted molar refractivity (Wildman–Crippen MR) is 71.4 cm³/mol. The van der Waals surface area contributed by atoms with Crippen LogP contribution in [-0.4, -0.2) is 31.2 Å². The first-order valence-corrected chi connectivity index (χ1v) is 6.13. The van der Waals surface area contributed by atoms with Crippen LogP contribution >= 0.6 is 0 Å². The summed E-state index contributed by atoms with van der Waals surface area (Å²) in [7, 11) is 2.04. The number of pyridine rings is 1. The first-order chi connectivity index (χ1) is 8.38. The molecule has 0 aliphatic carbocycles. The molecule has 0 bridgehead atoms. The molecule has 88 valence electrons. The number of anilines is 1. The average molecular weight is 227 g/mol. The quantitative estimate of drug-likeness (QED) is 0.851. The zero-order valence-electron chi connectivity index (χ0n) is 10.1. The van der Waals surface area contributed by atoms with Gasteiger partial charge in [0.25, 0.3) is 0 Å². The number of hydrogen-bond acceptors (Lipinski definition) is 3. The van der Waals surface area contributed by atoms with E-state index >= 15 is 0 Å². The molecule has 1 aromatic heterocycles. The van der Waals surface area contributed by atoms with Crippen LogP contribution in [0.5, 0.6) is 0 Å². The molecule has 3 nitrogen and oxygen atoms in total. The summed E-state index contributed by atoms with van der Waals surface area (Å²) < 4.78 is 0. The maximum absolute atomic E-state index is 4.24. The molecule has 1 atom stereocenters. The van der Waals surface area contributed by atoms with Crippen LogP contribution in [0.15, 0.2) is 36.7 Å². The summed E-state index contributed by atoms with van der Waals surface area (Å²) >= 11 is 0. The Balaban J connectivity index is 2.00. The van der Waals surface area contributed by atoms with Crippen molar-refractivity contribution in [3.8, 4) is 0 Å². The third-order valence-corrected chi connectivity index (χ3v) is 3.60. The molecule has 1 N–H and O–H groups in total. The van der Waals surface area contributed by atoms with E-state index in [1.54, 1.807) is 0 Å². The molecule has 0 saturated carbocycles. The van der Waals surface area contributed by atoms with Crippen molar-refractivity contribution in [2.75, 3.05) is 25.0 Å². The van der Waals surface area contributed by atoms with E-state index in [-0.39, 0.29) is 0 Å². The number of likely N-dealkylation sites (N-methyl/N-ethyl adjacent to an activating group) is 1. The number of fused-ring (bicyclic) bond motifs is 1. The van der Waals surface area contributed by atoms with Crippen molar-refractivity contribution in [2.24, 2.45) is 0 Å². The van der Waals surface area contributed by atoms with E-state index in [0.717, 1.165) is 13.1 Å². The molecule has 1 aliphatic heterocycles. The molecule has 3 heteroatoms. The van der Waals surface area contributed by atoms with Gasteiger partial charge in [0.05, 0.1) is 0 Å². The molecule has 3 rings (SSSR count). The van der Waals surface area contributed by atoms with Gasteiger partial charge in [-0.2, -0.15) is 0 Å². The monoisotopic (exact) mass is 227 g/mol. The molecular weight excluding hydrogens is 210 g/mol. The highest BCUT2D eigenvalue weighted by atomic mass is 15.2. The fraction of sp³-hybridized carbons (Fsp3) is 0.357. The van der Waals surface area contributed by atoms with Crippen LogP contribution in [-0.2, 0) is 0 Å². The number of nitrogens with zero attached hydrogens (tertiary/aromatic N) is 2. The summed E-state index contributed by atoms with van der Waals surface area (Å²) in [5.74, 6) is 0. The number of nitrogens with one attached hydrogen (secondary N) is 1. The smallest absolute Gasteiger partial charge is 0.0462 e. The minimum atomic E-state index is 0.613. The standard InChI is InChI=1S/C14H17N3/c1-15-12-6-8-17(10-12)14-4-2-3-11-5-7-16-9-13(11)14/h2-5,7,9,12,15H,6,8,10H2,1H3. The zero-order valence-corrected chi connectivity index (χ0v) is 10.1. The summed E-state index contributed by atoms with van der Waals surface area (Å²) in [6, 6.07) is 9.16. The van der Waals surface area contributed by atoms with Gasteiger partial charge >= 0.3 is 0 Å². The minimum Gasteiger partial charge on any atom is -0.369 e. The molecule has 2 aromatic rings. The Labute approximate surface area is 101 Å². The fourth-order valence-corrected chi connectivity index (χ4v) is 2.59. The highest BCUT2D eigenvalue weighted by Gasteiger charge is 2.22. The van der Waals surface area contributed by atoms with Gasteiger partial charge in [0.2, 0.25) is 0 Å². The van der Waals surface area contributed by atoms with Gasteiger partial charge in [0, 0.05) is 42.6 Å². The molecule has 0 radical (unpaired) electrons. The molecule has 1 unspecified atom stereocenters. The summed E-state index contributed by atoms with van der Waals surface area (Å²) in [5.41, 5.74) is 1.31. The van der Waals surface area contributed by atoms with Gasteiger partial charge in [-0.15, -0.1) is 0 Å². The van der Waals surface area contributed by atoms with Crippen LogP contribution in [0.2, 0.25) is 0 Å². The lowest BCUT2D eigenvalue weighted by Crippen LogP contribution is -2.29. The Morgan fingerprint density at radius 1 is 1.35 bits per heavy atom. The SMILES string of the molecule is CNC1CCN(c2cccc3ccncc23)C1. The van der Waals surface area contributed by atoms with Crippen molar-refractivity contribution >= 4 is 16.5 Å². The summed E-state index contributed by atoms with van der Waals surface area (Å²) in [6.07, 6.45) is 5.04. The van der Waals surface area contributed by atoms with Gasteiger partial charge in [-0.3, -0.25) is 4.98 Å². The van der Waals surface area contributed by atoms with Crippen LogP contribution in [0, 0.1) is 0 Å². The first kappa shape index (κ1) is 10.5. The third kappa shape index (κ3) is 1.87. The predicted octanol–water partition coefficient (Wildman–Crippen LogP) is 2.03. The van der Waals surface area contributed by atoms with Gasteiger partial charge in [-0.05, 0) is 31.0 Å². The van der Waals surface area contributed by atoms with Gasteiger partial charge in [0.15, 0.2) is 0 Å². The lowest BCUT2D eigenvalue weighted by molar-refractivity contribution is 0.617. The molecule has 0 amide bonds. The Morgan fingerprint density at radius 2 is 2.29 bits per heavy atom. The second-order valence-electron chi connectivity index (χ2n) is 4.59. The van der Waals surface area contributed by atoms with Gasteiger partial charge < -0.3 is 10.2 Å². The normalized spacial score (nSPS) is 20.1. The molecular formula is C14H17N3. The average Bonchev–Trinajstić information content (AvgIpc) is 2.87. The van der Waals surface area contributed by atoms with Crippen LogP contribution in [0.1, 0.15) is 6.42 Å². The molecule has 1 saturated heterocycles. The van der Waals surface area contributed by atoms with Gasteiger partial charge in [-0.25, -0.2) is 0 Å². The zero-order chi connectivity index (χ0) is 11.7. The molecule has 1 fully saturated rings. The Bertz CT molecular complexity index is 518. The fourth-order valence-electron chi connectivity index (χ4n) is 2.59. The van der Waals surface area contributed by atoms with E-state index in [1.807, 2.05) is 19.4 Å². The highest BCUT2D eigenvalue weighted by molar-refractivity contribution is 5.93. The number of hydrogen-bond donors (Lipinski definition) is 1. The van der Waals surface area contributed by atoms with E-state index in [2.05, 4.69) is 39.5 Å². The van der Waals surface area contributed by atoms with Gasteiger partial charge in [-0.1, -0.05) is 12.1 Å².